The maximum absolute atomic E-state index is 5.70. The van der Waals surface area contributed by atoms with Gasteiger partial charge in [0.25, 0.3) is 0 Å². The SMILES string of the molecule is Cc1cc(Br)c2nc(C(C)C)c(CCN)n2c1. The van der Waals surface area contributed by atoms with E-state index in [0.29, 0.717) is 12.5 Å². The zero-order valence-corrected chi connectivity index (χ0v) is 12.1. The van der Waals surface area contributed by atoms with E-state index in [4.69, 9.17) is 10.7 Å². The molecule has 0 spiro atoms. The minimum Gasteiger partial charge on any atom is -0.330 e. The van der Waals surface area contributed by atoms with Gasteiger partial charge >= 0.3 is 0 Å². The molecule has 2 aromatic rings. The molecular weight excluding hydrogens is 278 g/mol. The van der Waals surface area contributed by atoms with Crippen LogP contribution in [0.1, 0.15) is 36.7 Å². The topological polar surface area (TPSA) is 43.3 Å². The van der Waals surface area contributed by atoms with Crippen LogP contribution in [0.5, 0.6) is 0 Å². The van der Waals surface area contributed by atoms with Crippen molar-refractivity contribution in [2.24, 2.45) is 5.73 Å². The van der Waals surface area contributed by atoms with Gasteiger partial charge < -0.3 is 10.1 Å². The molecule has 17 heavy (non-hydrogen) atoms. The summed E-state index contributed by atoms with van der Waals surface area (Å²) in [6.45, 7) is 7.08. The molecular formula is C13H18BrN3. The van der Waals surface area contributed by atoms with E-state index < -0.39 is 0 Å². The number of aryl methyl sites for hydroxylation is 1. The average molecular weight is 296 g/mol. The summed E-state index contributed by atoms with van der Waals surface area (Å²) in [6.07, 6.45) is 2.99. The lowest BCUT2D eigenvalue weighted by Gasteiger charge is -2.06. The van der Waals surface area contributed by atoms with Crippen LogP contribution in [-0.2, 0) is 6.42 Å². The predicted molar refractivity (Wildman–Crippen MR) is 74.5 cm³/mol. The zero-order valence-electron chi connectivity index (χ0n) is 10.5. The summed E-state index contributed by atoms with van der Waals surface area (Å²) in [5, 5.41) is 0. The highest BCUT2D eigenvalue weighted by atomic mass is 79.9. The second-order valence-corrected chi connectivity index (χ2v) is 5.55. The third kappa shape index (κ3) is 2.24. The monoisotopic (exact) mass is 295 g/mol. The number of aromatic nitrogens is 2. The molecule has 2 aromatic heterocycles. The number of halogens is 1. The Hall–Kier alpha value is -0.870. The van der Waals surface area contributed by atoms with Gasteiger partial charge in [-0.05, 0) is 46.9 Å². The van der Waals surface area contributed by atoms with Crippen molar-refractivity contribution in [1.29, 1.82) is 0 Å². The van der Waals surface area contributed by atoms with E-state index in [1.165, 1.54) is 11.3 Å². The van der Waals surface area contributed by atoms with E-state index >= 15 is 0 Å². The fourth-order valence-corrected chi connectivity index (χ4v) is 2.78. The van der Waals surface area contributed by atoms with Crippen LogP contribution >= 0.6 is 15.9 Å². The molecule has 0 unspecified atom stereocenters. The predicted octanol–water partition coefficient (Wildman–Crippen LogP) is 3.03. The molecule has 4 heteroatoms. The maximum Gasteiger partial charge on any atom is 0.151 e. The van der Waals surface area contributed by atoms with Gasteiger partial charge in [-0.1, -0.05) is 13.8 Å². The molecule has 0 atom stereocenters. The Kier molecular flexibility index (Phi) is 3.54. The Balaban J connectivity index is 2.75. The first-order valence-corrected chi connectivity index (χ1v) is 6.71. The van der Waals surface area contributed by atoms with Crippen molar-refractivity contribution in [3.8, 4) is 0 Å². The minimum absolute atomic E-state index is 0.420. The molecule has 0 aliphatic heterocycles. The smallest absolute Gasteiger partial charge is 0.151 e. The summed E-state index contributed by atoms with van der Waals surface area (Å²) in [5.41, 5.74) is 10.3. The molecule has 2 heterocycles. The lowest BCUT2D eigenvalue weighted by atomic mass is 10.1. The van der Waals surface area contributed by atoms with Crippen molar-refractivity contribution in [3.05, 3.63) is 33.7 Å². The van der Waals surface area contributed by atoms with Gasteiger partial charge in [0.2, 0.25) is 0 Å². The standard InChI is InChI=1S/C13H18BrN3/c1-8(2)12-11(4-5-15)17-7-9(3)6-10(14)13(17)16-12/h6-8H,4-5,15H2,1-3H3. The van der Waals surface area contributed by atoms with Gasteiger partial charge in [0, 0.05) is 18.3 Å². The van der Waals surface area contributed by atoms with Gasteiger partial charge in [-0.25, -0.2) is 4.98 Å². The molecule has 0 saturated heterocycles. The Labute approximate surface area is 110 Å². The number of nitrogens with two attached hydrogens (primary N) is 1. The lowest BCUT2D eigenvalue weighted by molar-refractivity contribution is 0.791. The number of rotatable bonds is 3. The van der Waals surface area contributed by atoms with E-state index in [1.54, 1.807) is 0 Å². The fourth-order valence-electron chi connectivity index (χ4n) is 2.14. The number of imidazole rings is 1. The summed E-state index contributed by atoms with van der Waals surface area (Å²) in [4.78, 5) is 4.73. The van der Waals surface area contributed by atoms with Gasteiger partial charge in [-0.15, -0.1) is 0 Å². The van der Waals surface area contributed by atoms with Crippen molar-refractivity contribution < 1.29 is 0 Å². The van der Waals surface area contributed by atoms with Crippen LogP contribution in [0.3, 0.4) is 0 Å². The van der Waals surface area contributed by atoms with E-state index in [9.17, 15) is 0 Å². The third-order valence-electron chi connectivity index (χ3n) is 2.87. The lowest BCUT2D eigenvalue weighted by Crippen LogP contribution is -2.08. The number of hydrogen-bond donors (Lipinski definition) is 1. The van der Waals surface area contributed by atoms with Gasteiger partial charge in [0.1, 0.15) is 0 Å². The molecule has 92 valence electrons. The van der Waals surface area contributed by atoms with Crippen molar-refractivity contribution in [2.45, 2.75) is 33.1 Å². The number of pyridine rings is 1. The van der Waals surface area contributed by atoms with Gasteiger partial charge in [0.05, 0.1) is 10.2 Å². The molecule has 0 fully saturated rings. The molecule has 0 saturated carbocycles. The fraction of sp³-hybridized carbons (Fsp3) is 0.462. The molecule has 0 bridgehead atoms. The molecule has 0 radical (unpaired) electrons. The van der Waals surface area contributed by atoms with Crippen molar-refractivity contribution in [2.75, 3.05) is 6.54 Å². The van der Waals surface area contributed by atoms with Crippen LogP contribution in [0, 0.1) is 6.92 Å². The normalized spacial score (nSPS) is 11.6. The molecule has 0 amide bonds. The van der Waals surface area contributed by atoms with E-state index in [0.717, 1.165) is 22.2 Å². The van der Waals surface area contributed by atoms with E-state index in [1.807, 2.05) is 0 Å². The zero-order chi connectivity index (χ0) is 12.6. The first kappa shape index (κ1) is 12.6. The third-order valence-corrected chi connectivity index (χ3v) is 3.45. The van der Waals surface area contributed by atoms with Crippen LogP contribution in [0.25, 0.3) is 5.65 Å². The first-order valence-electron chi connectivity index (χ1n) is 5.91. The Morgan fingerprint density at radius 2 is 2.18 bits per heavy atom. The largest absolute Gasteiger partial charge is 0.330 e. The quantitative estimate of drug-likeness (QED) is 0.946. The van der Waals surface area contributed by atoms with Crippen LogP contribution in [-0.4, -0.2) is 15.9 Å². The summed E-state index contributed by atoms with van der Waals surface area (Å²) in [6, 6.07) is 2.10. The number of fused-ring (bicyclic) bond motifs is 1. The van der Waals surface area contributed by atoms with E-state index in [2.05, 4.69) is 53.4 Å². The molecule has 2 N–H and O–H groups in total. The van der Waals surface area contributed by atoms with E-state index in [-0.39, 0.29) is 0 Å². The second kappa shape index (κ2) is 4.78. The van der Waals surface area contributed by atoms with Crippen LogP contribution in [0.2, 0.25) is 0 Å². The minimum atomic E-state index is 0.420. The summed E-state index contributed by atoms with van der Waals surface area (Å²) in [5.74, 6) is 0.420. The van der Waals surface area contributed by atoms with Crippen LogP contribution < -0.4 is 5.73 Å². The summed E-state index contributed by atoms with van der Waals surface area (Å²) in [7, 11) is 0. The van der Waals surface area contributed by atoms with Crippen LogP contribution in [0.15, 0.2) is 16.7 Å². The molecule has 0 aliphatic carbocycles. The van der Waals surface area contributed by atoms with Crippen molar-refractivity contribution in [1.82, 2.24) is 9.38 Å². The van der Waals surface area contributed by atoms with Crippen molar-refractivity contribution in [3.63, 3.8) is 0 Å². The Morgan fingerprint density at radius 3 is 2.76 bits per heavy atom. The maximum atomic E-state index is 5.70. The van der Waals surface area contributed by atoms with Crippen molar-refractivity contribution >= 4 is 21.6 Å². The highest BCUT2D eigenvalue weighted by Crippen LogP contribution is 2.26. The molecule has 0 aliphatic rings. The molecule has 0 aromatic carbocycles. The van der Waals surface area contributed by atoms with Gasteiger partial charge in [-0.2, -0.15) is 0 Å². The van der Waals surface area contributed by atoms with Gasteiger partial charge in [0.15, 0.2) is 5.65 Å². The van der Waals surface area contributed by atoms with Gasteiger partial charge in [-0.3, -0.25) is 0 Å². The summed E-state index contributed by atoms with van der Waals surface area (Å²) >= 11 is 3.58. The Bertz CT molecular complexity index is 543. The average Bonchev–Trinajstić information content (AvgIpc) is 2.58. The summed E-state index contributed by atoms with van der Waals surface area (Å²) < 4.78 is 3.21. The number of hydrogen-bond acceptors (Lipinski definition) is 2. The molecule has 3 nitrogen and oxygen atoms in total. The number of nitrogens with zero attached hydrogens (tertiary/aromatic N) is 2. The molecule has 2 rings (SSSR count). The van der Waals surface area contributed by atoms with Crippen LogP contribution in [0.4, 0.5) is 0 Å². The highest BCUT2D eigenvalue weighted by molar-refractivity contribution is 9.10. The Morgan fingerprint density at radius 1 is 1.47 bits per heavy atom. The highest BCUT2D eigenvalue weighted by Gasteiger charge is 2.16. The first-order chi connectivity index (χ1) is 8.04. The second-order valence-electron chi connectivity index (χ2n) is 4.70.